The van der Waals surface area contributed by atoms with E-state index in [2.05, 4.69) is 36.0 Å². The number of nitriles is 1. The Balaban J connectivity index is 1.44. The zero-order valence-electron chi connectivity index (χ0n) is 26.5. The van der Waals surface area contributed by atoms with Crippen molar-refractivity contribution < 1.29 is 23.0 Å². The van der Waals surface area contributed by atoms with Crippen molar-refractivity contribution in [2.75, 3.05) is 38.3 Å². The average molecular weight is 652 g/mol. The van der Waals surface area contributed by atoms with Crippen molar-refractivity contribution in [1.82, 2.24) is 34.8 Å². The van der Waals surface area contributed by atoms with Crippen LogP contribution in [0.4, 0.5) is 14.6 Å². The van der Waals surface area contributed by atoms with Gasteiger partial charge < -0.3 is 19.3 Å². The lowest BCUT2D eigenvalue weighted by molar-refractivity contribution is -0.128. The fraction of sp³-hybridized carbons (Fsp3) is 0.294. The molecule has 0 bridgehead atoms. The number of halogens is 2. The number of aromatic nitrogens is 6. The molecule has 1 unspecified atom stereocenters. The highest BCUT2D eigenvalue weighted by atomic mass is 19.1. The fourth-order valence-corrected chi connectivity index (χ4v) is 5.88. The molecule has 1 amide bonds. The number of amides is 1. The molecule has 244 valence electrons. The Morgan fingerprint density at radius 1 is 1.12 bits per heavy atom. The van der Waals surface area contributed by atoms with Gasteiger partial charge in [-0.2, -0.15) is 15.2 Å². The van der Waals surface area contributed by atoms with Gasteiger partial charge in [-0.05, 0) is 30.9 Å². The van der Waals surface area contributed by atoms with Gasteiger partial charge in [-0.3, -0.25) is 14.8 Å². The lowest BCUT2D eigenvalue weighted by Crippen LogP contribution is -2.55. The number of carbonyl (C=O) groups excluding carboxylic acids is 1. The molecule has 5 aromatic rings. The van der Waals surface area contributed by atoms with E-state index >= 15 is 4.39 Å². The van der Waals surface area contributed by atoms with Gasteiger partial charge in [0.15, 0.2) is 24.0 Å². The lowest BCUT2D eigenvalue weighted by atomic mass is 10.00. The summed E-state index contributed by atoms with van der Waals surface area (Å²) >= 11 is 0. The van der Waals surface area contributed by atoms with E-state index in [9.17, 15) is 14.4 Å². The number of benzene rings is 1. The summed E-state index contributed by atoms with van der Waals surface area (Å²) in [6.45, 7) is 3.54. The number of hydrogen-bond acceptors (Lipinski definition) is 11. The van der Waals surface area contributed by atoms with E-state index in [0.29, 0.717) is 40.6 Å². The summed E-state index contributed by atoms with van der Waals surface area (Å²) in [5, 5.41) is 11.5. The summed E-state index contributed by atoms with van der Waals surface area (Å²) in [6.07, 6.45) is 8.67. The van der Waals surface area contributed by atoms with Crippen LogP contribution < -0.4 is 14.4 Å². The van der Waals surface area contributed by atoms with Gasteiger partial charge in [0.25, 0.3) is 0 Å². The number of nitrogens with zero attached hydrogens (tertiary/aromatic N) is 9. The third-order valence-corrected chi connectivity index (χ3v) is 8.17. The van der Waals surface area contributed by atoms with E-state index in [-0.39, 0.29) is 43.3 Å². The Kier molecular flexibility index (Phi) is 9.29. The number of hydrogen-bond donors (Lipinski definition) is 0. The van der Waals surface area contributed by atoms with Crippen molar-refractivity contribution in [3.63, 3.8) is 0 Å². The minimum atomic E-state index is -0.777. The number of rotatable bonds is 9. The molecule has 48 heavy (non-hydrogen) atoms. The first kappa shape index (κ1) is 32.1. The van der Waals surface area contributed by atoms with Crippen LogP contribution in [-0.4, -0.2) is 80.2 Å². The third-order valence-electron chi connectivity index (χ3n) is 8.17. The summed E-state index contributed by atoms with van der Waals surface area (Å²) in [7, 11) is 1.53. The number of carbonyl (C=O) groups is 1. The molecule has 1 atom stereocenters. The van der Waals surface area contributed by atoms with Crippen molar-refractivity contribution in [2.45, 2.75) is 32.9 Å². The fourth-order valence-electron chi connectivity index (χ4n) is 5.88. The molecule has 4 aromatic heterocycles. The predicted octanol–water partition coefficient (Wildman–Crippen LogP) is 4.83. The van der Waals surface area contributed by atoms with Gasteiger partial charge in [0.05, 0.1) is 42.9 Å². The van der Waals surface area contributed by atoms with Crippen molar-refractivity contribution in [3.8, 4) is 29.1 Å². The zero-order chi connectivity index (χ0) is 33.8. The number of ether oxygens (including phenoxy) is 2. The van der Waals surface area contributed by atoms with E-state index in [0.717, 1.165) is 22.4 Å². The molecule has 6 rings (SSSR count). The molecule has 0 radical (unpaired) electrons. The molecule has 14 heteroatoms. The maximum atomic E-state index is 16.7. The van der Waals surface area contributed by atoms with E-state index < -0.39 is 24.4 Å². The van der Waals surface area contributed by atoms with Gasteiger partial charge in [0, 0.05) is 55.3 Å². The standard InChI is InChI=1S/C34H31F2N9O3/c1-20-6-4-7-22-14-38-15-24(29(20)22)31-30(36)32-25(16-40-31)33(43-34(42-32)48-19-27-39-17-26(47-3)21(2)41-27)44-12-13-45(23(18-44)9-11-37)28(46)8-5-10-35/h4-8,14-17,23H,9-10,12-13,18-19H2,1-3H3/b8-5+. The largest absolute Gasteiger partial charge is 0.493 e. The molecule has 1 saturated heterocycles. The predicted molar refractivity (Wildman–Crippen MR) is 173 cm³/mol. The number of fused-ring (bicyclic) bond motifs is 2. The van der Waals surface area contributed by atoms with Gasteiger partial charge in [0.2, 0.25) is 5.91 Å². The summed E-state index contributed by atoms with van der Waals surface area (Å²) in [4.78, 5) is 42.9. The molecule has 1 aliphatic rings. The third kappa shape index (κ3) is 6.26. The molecular formula is C34H31F2N9O3. The maximum Gasteiger partial charge on any atom is 0.319 e. The summed E-state index contributed by atoms with van der Waals surface area (Å²) < 4.78 is 40.6. The van der Waals surface area contributed by atoms with E-state index in [1.54, 1.807) is 19.3 Å². The van der Waals surface area contributed by atoms with Crippen molar-refractivity contribution in [3.05, 3.63) is 78.0 Å². The maximum absolute atomic E-state index is 16.7. The normalized spacial score (nSPS) is 14.9. The van der Waals surface area contributed by atoms with Crippen LogP contribution in [0.5, 0.6) is 11.8 Å². The van der Waals surface area contributed by atoms with Gasteiger partial charge in [-0.15, -0.1) is 0 Å². The molecule has 5 heterocycles. The summed E-state index contributed by atoms with van der Waals surface area (Å²) in [5.74, 6) is 0.104. The molecule has 1 aromatic carbocycles. The topological polar surface area (TPSA) is 143 Å². The number of allylic oxidation sites excluding steroid dienone is 1. The van der Waals surface area contributed by atoms with Gasteiger partial charge in [-0.25, -0.2) is 18.7 Å². The minimum absolute atomic E-state index is 0.0242. The van der Waals surface area contributed by atoms with Crippen LogP contribution in [0.3, 0.4) is 0 Å². The second kappa shape index (κ2) is 13.9. The van der Waals surface area contributed by atoms with Crippen LogP contribution in [0.25, 0.3) is 32.9 Å². The lowest BCUT2D eigenvalue weighted by Gasteiger charge is -2.41. The molecule has 0 aliphatic carbocycles. The number of anilines is 1. The molecule has 0 saturated carbocycles. The quantitative estimate of drug-likeness (QED) is 0.202. The molecule has 0 N–H and O–H groups in total. The first-order valence-electron chi connectivity index (χ1n) is 15.2. The highest BCUT2D eigenvalue weighted by Gasteiger charge is 2.32. The summed E-state index contributed by atoms with van der Waals surface area (Å²) in [5.41, 5.74) is 2.10. The molecule has 12 nitrogen and oxygen atoms in total. The monoisotopic (exact) mass is 651 g/mol. The number of methoxy groups -OCH3 is 1. The highest BCUT2D eigenvalue weighted by molar-refractivity contribution is 6.00. The average Bonchev–Trinajstić information content (AvgIpc) is 3.10. The first-order chi connectivity index (χ1) is 23.3. The number of pyridine rings is 2. The van der Waals surface area contributed by atoms with Crippen molar-refractivity contribution in [1.29, 1.82) is 5.26 Å². The smallest absolute Gasteiger partial charge is 0.319 e. The van der Waals surface area contributed by atoms with Gasteiger partial charge >= 0.3 is 6.01 Å². The number of piperazine rings is 1. The molecular weight excluding hydrogens is 620 g/mol. The number of alkyl halides is 1. The van der Waals surface area contributed by atoms with Crippen LogP contribution in [0.1, 0.15) is 23.5 Å². The zero-order valence-corrected chi connectivity index (χ0v) is 26.5. The van der Waals surface area contributed by atoms with Crippen LogP contribution in [-0.2, 0) is 11.4 Å². The van der Waals surface area contributed by atoms with Crippen LogP contribution >= 0.6 is 0 Å². The second-order valence-corrected chi connectivity index (χ2v) is 11.2. The van der Waals surface area contributed by atoms with Gasteiger partial charge in [-0.1, -0.05) is 18.2 Å². The second-order valence-electron chi connectivity index (χ2n) is 11.2. The molecule has 1 fully saturated rings. The SMILES string of the molecule is COc1cnc(COc2nc(N3CCN(C(=O)/C=C/CF)C(CC#N)C3)c3cnc(-c4cncc5cccc(C)c45)c(F)c3n2)nc1C. The van der Waals surface area contributed by atoms with E-state index in [1.807, 2.05) is 30.0 Å². The Morgan fingerprint density at radius 2 is 1.98 bits per heavy atom. The first-order valence-corrected chi connectivity index (χ1v) is 15.2. The summed E-state index contributed by atoms with van der Waals surface area (Å²) in [6, 6.07) is 7.22. The highest BCUT2D eigenvalue weighted by Crippen LogP contribution is 2.36. The molecule has 1 aliphatic heterocycles. The van der Waals surface area contributed by atoms with Crippen LogP contribution in [0, 0.1) is 31.0 Å². The minimum Gasteiger partial charge on any atom is -0.493 e. The van der Waals surface area contributed by atoms with Crippen molar-refractivity contribution >= 4 is 33.4 Å². The molecule has 0 spiro atoms. The Morgan fingerprint density at radius 3 is 2.75 bits per heavy atom. The van der Waals surface area contributed by atoms with Crippen LogP contribution in [0.2, 0.25) is 0 Å². The Bertz CT molecular complexity index is 2080. The van der Waals surface area contributed by atoms with E-state index in [4.69, 9.17) is 9.47 Å². The Labute approximate surface area is 274 Å². The Hall–Kier alpha value is -5.84. The van der Waals surface area contributed by atoms with Crippen molar-refractivity contribution in [2.24, 2.45) is 0 Å². The van der Waals surface area contributed by atoms with E-state index in [1.165, 1.54) is 30.5 Å². The number of aryl methyl sites for hydroxylation is 2. The van der Waals surface area contributed by atoms with Gasteiger partial charge in [0.1, 0.15) is 23.7 Å². The van der Waals surface area contributed by atoms with Crippen LogP contribution in [0.15, 0.2) is 55.1 Å².